The summed E-state index contributed by atoms with van der Waals surface area (Å²) >= 11 is 1.07. The molecule has 2 aromatic heterocycles. The first-order valence-corrected chi connectivity index (χ1v) is 8.57. The molecule has 0 radical (unpaired) electrons. The number of carbonyl (C=O) groups excluding carboxylic acids is 1. The Morgan fingerprint density at radius 1 is 1.15 bits per heavy atom. The highest BCUT2D eigenvalue weighted by Crippen LogP contribution is 2.31. The molecule has 0 atom stereocenters. The fourth-order valence-electron chi connectivity index (χ4n) is 2.72. The van der Waals surface area contributed by atoms with Crippen LogP contribution < -0.4 is 10.9 Å². The Morgan fingerprint density at radius 2 is 1.96 bits per heavy atom. The van der Waals surface area contributed by atoms with Crippen LogP contribution in [0.15, 0.2) is 47.5 Å². The maximum Gasteiger partial charge on any atom is 0.271 e. The second-order valence-corrected chi connectivity index (χ2v) is 6.79. The Kier molecular flexibility index (Phi) is 4.15. The van der Waals surface area contributed by atoms with Gasteiger partial charge in [0, 0.05) is 10.8 Å². The van der Waals surface area contributed by atoms with Crippen molar-refractivity contribution in [2.45, 2.75) is 6.54 Å². The number of anilines is 1. The summed E-state index contributed by atoms with van der Waals surface area (Å²) in [4.78, 5) is 28.8. The van der Waals surface area contributed by atoms with E-state index in [1.165, 1.54) is 12.1 Å². The van der Waals surface area contributed by atoms with Gasteiger partial charge >= 0.3 is 0 Å². The van der Waals surface area contributed by atoms with Gasteiger partial charge in [-0.25, -0.2) is 18.2 Å². The van der Waals surface area contributed by atoms with Gasteiger partial charge in [-0.1, -0.05) is 6.07 Å². The molecule has 5 nitrogen and oxygen atoms in total. The van der Waals surface area contributed by atoms with Gasteiger partial charge in [0.25, 0.3) is 5.56 Å². The zero-order valence-corrected chi connectivity index (χ0v) is 14.3. The van der Waals surface area contributed by atoms with Gasteiger partial charge in [-0.2, -0.15) is 0 Å². The number of thiophene rings is 1. The predicted octanol–water partition coefficient (Wildman–Crippen LogP) is 3.67. The van der Waals surface area contributed by atoms with Crippen LogP contribution in [0.1, 0.15) is 0 Å². The summed E-state index contributed by atoms with van der Waals surface area (Å²) in [6, 6.07) is 7.14. The number of nitrogens with zero attached hydrogens (tertiary/aromatic N) is 2. The number of fused-ring (bicyclic) bond motifs is 3. The van der Waals surface area contributed by atoms with E-state index < -0.39 is 35.5 Å². The van der Waals surface area contributed by atoms with Crippen molar-refractivity contribution in [1.82, 2.24) is 9.55 Å². The molecule has 0 saturated carbocycles. The summed E-state index contributed by atoms with van der Waals surface area (Å²) in [5.41, 5.74) is -0.618. The third-order valence-corrected chi connectivity index (χ3v) is 5.07. The number of aromatic nitrogens is 2. The molecule has 1 N–H and O–H groups in total. The van der Waals surface area contributed by atoms with E-state index in [1.54, 1.807) is 6.07 Å². The molecule has 0 unspecified atom stereocenters. The Balaban J connectivity index is 1.68. The molecule has 0 bridgehead atoms. The lowest BCUT2D eigenvalue weighted by atomic mass is 10.2. The van der Waals surface area contributed by atoms with E-state index in [0.29, 0.717) is 4.70 Å². The van der Waals surface area contributed by atoms with Crippen molar-refractivity contribution >= 4 is 43.2 Å². The maximum absolute atomic E-state index is 14.0. The number of amides is 1. The fraction of sp³-hybridized carbons (Fsp3) is 0.0556. The van der Waals surface area contributed by atoms with Crippen LogP contribution in [-0.2, 0) is 11.3 Å². The summed E-state index contributed by atoms with van der Waals surface area (Å²) in [5.74, 6) is -2.72. The monoisotopic (exact) mass is 389 g/mol. The summed E-state index contributed by atoms with van der Waals surface area (Å²) in [6.45, 7) is -0.450. The van der Waals surface area contributed by atoms with Crippen molar-refractivity contribution in [2.24, 2.45) is 0 Å². The van der Waals surface area contributed by atoms with Crippen LogP contribution in [0, 0.1) is 17.5 Å². The van der Waals surface area contributed by atoms with E-state index in [-0.39, 0.29) is 21.3 Å². The summed E-state index contributed by atoms with van der Waals surface area (Å²) in [5, 5.41) is 2.47. The zero-order chi connectivity index (χ0) is 19.1. The molecule has 4 rings (SSSR count). The van der Waals surface area contributed by atoms with Crippen molar-refractivity contribution in [2.75, 3.05) is 5.32 Å². The van der Waals surface area contributed by atoms with Gasteiger partial charge in [0.1, 0.15) is 28.7 Å². The number of hydrogen-bond donors (Lipinski definition) is 1. The molecule has 0 fully saturated rings. The highest BCUT2D eigenvalue weighted by Gasteiger charge is 2.16. The van der Waals surface area contributed by atoms with Gasteiger partial charge in [0.2, 0.25) is 5.91 Å². The number of rotatable bonds is 3. The van der Waals surface area contributed by atoms with Crippen LogP contribution >= 0.6 is 11.3 Å². The van der Waals surface area contributed by atoms with E-state index in [2.05, 4.69) is 10.3 Å². The molecule has 27 heavy (non-hydrogen) atoms. The molecule has 1 amide bonds. The molecule has 0 aliphatic rings. The van der Waals surface area contributed by atoms with Crippen molar-refractivity contribution in [3.63, 3.8) is 0 Å². The van der Waals surface area contributed by atoms with Crippen LogP contribution in [0.4, 0.5) is 18.9 Å². The van der Waals surface area contributed by atoms with E-state index in [0.717, 1.165) is 40.4 Å². The number of nitrogens with one attached hydrogen (secondary N) is 1. The first-order valence-electron chi connectivity index (χ1n) is 7.75. The quantitative estimate of drug-likeness (QED) is 0.582. The van der Waals surface area contributed by atoms with Crippen LogP contribution in [0.25, 0.3) is 20.3 Å². The molecular weight excluding hydrogens is 379 g/mol. The fourth-order valence-corrected chi connectivity index (χ4v) is 3.84. The minimum Gasteiger partial charge on any atom is -0.322 e. The third kappa shape index (κ3) is 3.06. The highest BCUT2D eigenvalue weighted by molar-refractivity contribution is 7.25. The third-order valence-electron chi connectivity index (χ3n) is 3.94. The lowest BCUT2D eigenvalue weighted by molar-refractivity contribution is -0.116. The van der Waals surface area contributed by atoms with Crippen LogP contribution in [0.3, 0.4) is 0 Å². The maximum atomic E-state index is 14.0. The second kappa shape index (κ2) is 6.51. The topological polar surface area (TPSA) is 64.0 Å². The standard InChI is InChI=1S/C18H10F3N3O2S/c19-9-4-5-10(20)12(6-9)23-14(25)7-24-8-22-16-15-11(21)2-1-3-13(15)27-17(16)18(24)26/h1-6,8H,7H2,(H,23,25). The average Bonchev–Trinajstić information content (AvgIpc) is 3.01. The number of benzene rings is 2. The largest absolute Gasteiger partial charge is 0.322 e. The van der Waals surface area contributed by atoms with Gasteiger partial charge in [-0.05, 0) is 24.3 Å². The van der Waals surface area contributed by atoms with Crippen LogP contribution in [0.2, 0.25) is 0 Å². The second-order valence-electron chi connectivity index (χ2n) is 5.74. The smallest absolute Gasteiger partial charge is 0.271 e. The van der Waals surface area contributed by atoms with Crippen LogP contribution in [0.5, 0.6) is 0 Å². The lowest BCUT2D eigenvalue weighted by Crippen LogP contribution is -2.27. The SMILES string of the molecule is O=C(Cn1cnc2c(sc3cccc(F)c32)c1=O)Nc1cc(F)ccc1F. The molecule has 2 aromatic carbocycles. The van der Waals surface area contributed by atoms with Gasteiger partial charge < -0.3 is 5.32 Å². The first-order chi connectivity index (χ1) is 12.9. The molecule has 0 aliphatic heterocycles. The normalized spacial score (nSPS) is 11.2. The van der Waals surface area contributed by atoms with E-state index >= 15 is 0 Å². The first kappa shape index (κ1) is 17.2. The van der Waals surface area contributed by atoms with Crippen molar-refractivity contribution < 1.29 is 18.0 Å². The molecule has 4 aromatic rings. The Labute approximate surface area is 153 Å². The van der Waals surface area contributed by atoms with Crippen molar-refractivity contribution in [3.8, 4) is 0 Å². The van der Waals surface area contributed by atoms with Gasteiger partial charge in [0.15, 0.2) is 0 Å². The van der Waals surface area contributed by atoms with E-state index in [1.807, 2.05) is 0 Å². The zero-order valence-electron chi connectivity index (χ0n) is 13.5. The lowest BCUT2D eigenvalue weighted by Gasteiger charge is -2.08. The molecule has 0 spiro atoms. The summed E-state index contributed by atoms with van der Waals surface area (Å²) in [7, 11) is 0. The minimum absolute atomic E-state index is 0.210. The predicted molar refractivity (Wildman–Crippen MR) is 96.3 cm³/mol. The summed E-state index contributed by atoms with van der Waals surface area (Å²) in [6.07, 6.45) is 1.13. The average molecular weight is 389 g/mol. The van der Waals surface area contributed by atoms with Crippen molar-refractivity contribution in [3.05, 3.63) is 70.5 Å². The van der Waals surface area contributed by atoms with Gasteiger partial charge in [0.05, 0.1) is 22.9 Å². The molecular formula is C18H10F3N3O2S. The molecule has 9 heteroatoms. The minimum atomic E-state index is -0.800. The summed E-state index contributed by atoms with van der Waals surface area (Å²) < 4.78 is 42.6. The van der Waals surface area contributed by atoms with Crippen LogP contribution in [-0.4, -0.2) is 15.5 Å². The molecule has 2 heterocycles. The Hall–Kier alpha value is -3.20. The number of halogens is 3. The number of carbonyl (C=O) groups is 1. The van der Waals surface area contributed by atoms with Gasteiger partial charge in [-0.15, -0.1) is 11.3 Å². The Morgan fingerprint density at radius 3 is 2.78 bits per heavy atom. The van der Waals surface area contributed by atoms with Gasteiger partial charge in [-0.3, -0.25) is 14.2 Å². The molecule has 0 aliphatic carbocycles. The molecule has 136 valence electrons. The van der Waals surface area contributed by atoms with E-state index in [9.17, 15) is 22.8 Å². The highest BCUT2D eigenvalue weighted by atomic mass is 32.1. The van der Waals surface area contributed by atoms with E-state index in [4.69, 9.17) is 0 Å². The van der Waals surface area contributed by atoms with Crippen molar-refractivity contribution in [1.29, 1.82) is 0 Å². The number of hydrogen-bond acceptors (Lipinski definition) is 4. The molecule has 0 saturated heterocycles. The Bertz CT molecular complexity index is 1270.